The summed E-state index contributed by atoms with van der Waals surface area (Å²) in [7, 11) is -3.46. The van der Waals surface area contributed by atoms with Gasteiger partial charge in [0.05, 0.1) is 4.90 Å². The van der Waals surface area contributed by atoms with Gasteiger partial charge in [-0.2, -0.15) is 0 Å². The number of rotatable bonds is 3. The Morgan fingerprint density at radius 3 is 2.72 bits per heavy atom. The molecule has 1 saturated heterocycles. The van der Waals surface area contributed by atoms with Crippen LogP contribution in [-0.4, -0.2) is 27.5 Å². The molecule has 1 atom stereocenters. The molecule has 1 aromatic carbocycles. The van der Waals surface area contributed by atoms with Crippen molar-refractivity contribution >= 4 is 34.0 Å². The van der Waals surface area contributed by atoms with Gasteiger partial charge in [0.1, 0.15) is 0 Å². The molecular weight excluding hydrogens is 295 g/mol. The summed E-state index contributed by atoms with van der Waals surface area (Å²) in [6.07, 6.45) is 0.818. The zero-order valence-electron chi connectivity index (χ0n) is 9.94. The van der Waals surface area contributed by atoms with Gasteiger partial charge in [-0.15, -0.1) is 12.4 Å². The highest BCUT2D eigenvalue weighted by molar-refractivity contribution is 7.89. The van der Waals surface area contributed by atoms with Gasteiger partial charge < -0.3 is 5.32 Å². The van der Waals surface area contributed by atoms with Gasteiger partial charge in [-0.1, -0.05) is 17.7 Å². The fourth-order valence-electron chi connectivity index (χ4n) is 1.78. The van der Waals surface area contributed by atoms with Crippen LogP contribution < -0.4 is 10.0 Å². The zero-order chi connectivity index (χ0) is 12.5. The second-order valence-electron chi connectivity index (χ2n) is 4.22. The fourth-order valence-corrected chi connectivity index (χ4v) is 3.32. The van der Waals surface area contributed by atoms with Crippen molar-refractivity contribution in [1.82, 2.24) is 10.0 Å². The van der Waals surface area contributed by atoms with Crippen LogP contribution in [-0.2, 0) is 10.0 Å². The van der Waals surface area contributed by atoms with Crippen molar-refractivity contribution in [2.75, 3.05) is 13.1 Å². The summed E-state index contributed by atoms with van der Waals surface area (Å²) in [6.45, 7) is 3.37. The topological polar surface area (TPSA) is 58.2 Å². The highest BCUT2D eigenvalue weighted by atomic mass is 35.5. The standard InChI is InChI=1S/C11H15ClN2O2S.ClH/c1-8-2-3-10(6-11(8)12)17(15,16)14-9-4-5-13-7-9;/h2-3,6,9,13-14H,4-5,7H2,1H3;1H. The van der Waals surface area contributed by atoms with Crippen LogP contribution in [0.1, 0.15) is 12.0 Å². The Kier molecular flexibility index (Phi) is 5.43. The molecule has 1 aliphatic heterocycles. The maximum atomic E-state index is 12.1. The molecule has 0 aromatic heterocycles. The monoisotopic (exact) mass is 310 g/mol. The third-order valence-electron chi connectivity index (χ3n) is 2.84. The maximum Gasteiger partial charge on any atom is 0.240 e. The Labute approximate surface area is 119 Å². The Morgan fingerprint density at radius 1 is 1.44 bits per heavy atom. The largest absolute Gasteiger partial charge is 0.315 e. The van der Waals surface area contributed by atoms with E-state index in [1.165, 1.54) is 6.07 Å². The number of sulfonamides is 1. The van der Waals surface area contributed by atoms with Gasteiger partial charge in [0.15, 0.2) is 0 Å². The number of nitrogens with one attached hydrogen (secondary N) is 2. The lowest BCUT2D eigenvalue weighted by Gasteiger charge is -2.12. The second-order valence-corrected chi connectivity index (χ2v) is 6.34. The van der Waals surface area contributed by atoms with Crippen LogP contribution in [0.3, 0.4) is 0 Å². The molecule has 2 rings (SSSR count). The van der Waals surface area contributed by atoms with E-state index in [2.05, 4.69) is 10.0 Å². The van der Waals surface area contributed by atoms with Crippen LogP contribution in [0.5, 0.6) is 0 Å². The van der Waals surface area contributed by atoms with E-state index in [9.17, 15) is 8.42 Å². The fraction of sp³-hybridized carbons (Fsp3) is 0.455. The molecule has 1 aliphatic rings. The molecule has 1 heterocycles. The minimum atomic E-state index is -3.46. The lowest BCUT2D eigenvalue weighted by molar-refractivity contribution is 0.560. The lowest BCUT2D eigenvalue weighted by Crippen LogP contribution is -2.36. The van der Waals surface area contributed by atoms with Crippen molar-refractivity contribution in [2.24, 2.45) is 0 Å². The predicted molar refractivity (Wildman–Crippen MR) is 75.0 cm³/mol. The molecule has 1 aromatic rings. The van der Waals surface area contributed by atoms with E-state index in [0.717, 1.165) is 18.5 Å². The SMILES string of the molecule is Cc1ccc(S(=O)(=O)NC2CCNC2)cc1Cl.Cl. The predicted octanol–water partition coefficient (Wildman–Crippen LogP) is 1.71. The minimum absolute atomic E-state index is 0. The van der Waals surface area contributed by atoms with Gasteiger partial charge in [0, 0.05) is 17.6 Å². The number of halogens is 2. The van der Waals surface area contributed by atoms with Crippen LogP contribution >= 0.6 is 24.0 Å². The van der Waals surface area contributed by atoms with E-state index in [0.29, 0.717) is 11.6 Å². The summed E-state index contributed by atoms with van der Waals surface area (Å²) < 4.78 is 26.8. The van der Waals surface area contributed by atoms with Gasteiger partial charge in [0.2, 0.25) is 10.0 Å². The zero-order valence-corrected chi connectivity index (χ0v) is 12.3. The molecule has 4 nitrogen and oxygen atoms in total. The van der Waals surface area contributed by atoms with E-state index in [1.54, 1.807) is 12.1 Å². The molecule has 1 unspecified atom stereocenters. The molecule has 0 radical (unpaired) electrons. The average molecular weight is 311 g/mol. The van der Waals surface area contributed by atoms with Crippen molar-refractivity contribution in [3.05, 3.63) is 28.8 Å². The Bertz CT molecular complexity index is 514. The molecule has 102 valence electrons. The summed E-state index contributed by atoms with van der Waals surface area (Å²) in [5.74, 6) is 0. The smallest absolute Gasteiger partial charge is 0.240 e. The van der Waals surface area contributed by atoms with E-state index < -0.39 is 10.0 Å². The average Bonchev–Trinajstić information content (AvgIpc) is 2.73. The highest BCUT2D eigenvalue weighted by Crippen LogP contribution is 2.20. The number of hydrogen-bond donors (Lipinski definition) is 2. The first kappa shape index (κ1) is 15.7. The first-order chi connectivity index (χ1) is 7.99. The number of hydrogen-bond acceptors (Lipinski definition) is 3. The van der Waals surface area contributed by atoms with Crippen LogP contribution in [0.4, 0.5) is 0 Å². The third-order valence-corrected chi connectivity index (χ3v) is 4.76. The second kappa shape index (κ2) is 6.21. The molecule has 18 heavy (non-hydrogen) atoms. The van der Waals surface area contributed by atoms with Gasteiger partial charge in [-0.05, 0) is 37.6 Å². The van der Waals surface area contributed by atoms with Gasteiger partial charge in [0.25, 0.3) is 0 Å². The molecule has 0 amide bonds. The lowest BCUT2D eigenvalue weighted by atomic mass is 10.2. The summed E-state index contributed by atoms with van der Waals surface area (Å²) >= 11 is 5.93. The molecule has 0 bridgehead atoms. The first-order valence-electron chi connectivity index (χ1n) is 5.48. The summed E-state index contributed by atoms with van der Waals surface area (Å²) in [6, 6.07) is 4.75. The normalized spacial score (nSPS) is 19.6. The summed E-state index contributed by atoms with van der Waals surface area (Å²) in [4.78, 5) is 0.222. The molecule has 0 aliphatic carbocycles. The summed E-state index contributed by atoms with van der Waals surface area (Å²) in [5.41, 5.74) is 0.869. The van der Waals surface area contributed by atoms with Gasteiger partial charge in [-0.3, -0.25) is 0 Å². The van der Waals surface area contributed by atoms with E-state index in [1.807, 2.05) is 6.92 Å². The molecule has 0 spiro atoms. The molecular formula is C11H16Cl2N2O2S. The van der Waals surface area contributed by atoms with Crippen LogP contribution in [0.25, 0.3) is 0 Å². The van der Waals surface area contributed by atoms with Gasteiger partial charge in [-0.25, -0.2) is 13.1 Å². The van der Waals surface area contributed by atoms with Crippen molar-refractivity contribution < 1.29 is 8.42 Å². The van der Waals surface area contributed by atoms with E-state index in [4.69, 9.17) is 11.6 Å². The van der Waals surface area contributed by atoms with Crippen LogP contribution in [0, 0.1) is 6.92 Å². The Balaban J connectivity index is 0.00000162. The summed E-state index contributed by atoms with van der Waals surface area (Å²) in [5, 5.41) is 3.58. The molecule has 2 N–H and O–H groups in total. The van der Waals surface area contributed by atoms with Gasteiger partial charge >= 0.3 is 0 Å². The Hall–Kier alpha value is -0.330. The van der Waals surface area contributed by atoms with Crippen molar-refractivity contribution in [1.29, 1.82) is 0 Å². The van der Waals surface area contributed by atoms with Crippen molar-refractivity contribution in [3.8, 4) is 0 Å². The first-order valence-corrected chi connectivity index (χ1v) is 7.34. The molecule has 0 saturated carbocycles. The quantitative estimate of drug-likeness (QED) is 0.893. The molecule has 1 fully saturated rings. The minimum Gasteiger partial charge on any atom is -0.315 e. The van der Waals surface area contributed by atoms with Crippen molar-refractivity contribution in [3.63, 3.8) is 0 Å². The third kappa shape index (κ3) is 3.59. The van der Waals surface area contributed by atoms with E-state index >= 15 is 0 Å². The number of aryl methyl sites for hydroxylation is 1. The Morgan fingerprint density at radius 2 is 2.17 bits per heavy atom. The molecule has 7 heteroatoms. The number of benzene rings is 1. The maximum absolute atomic E-state index is 12.1. The van der Waals surface area contributed by atoms with Crippen molar-refractivity contribution in [2.45, 2.75) is 24.3 Å². The van der Waals surface area contributed by atoms with Crippen LogP contribution in [0.15, 0.2) is 23.1 Å². The highest BCUT2D eigenvalue weighted by Gasteiger charge is 2.22. The van der Waals surface area contributed by atoms with E-state index in [-0.39, 0.29) is 23.3 Å². The van der Waals surface area contributed by atoms with Crippen LogP contribution in [0.2, 0.25) is 5.02 Å².